The van der Waals surface area contributed by atoms with Crippen molar-refractivity contribution in [1.29, 1.82) is 0 Å². The number of carbonyl (C=O) groups is 2. The van der Waals surface area contributed by atoms with Gasteiger partial charge in [0.15, 0.2) is 0 Å². The van der Waals surface area contributed by atoms with Gasteiger partial charge in [-0.05, 0) is 40.5 Å². The first-order valence-corrected chi connectivity index (χ1v) is 10.00. The predicted octanol–water partition coefficient (Wildman–Crippen LogP) is 0.0859. The number of carbonyl (C=O) groups excluding carboxylic acids is 2. The fraction of sp³-hybridized carbons (Fsp3) is 0.579. The van der Waals surface area contributed by atoms with E-state index in [2.05, 4.69) is 25.8 Å². The van der Waals surface area contributed by atoms with Crippen molar-refractivity contribution in [3.05, 3.63) is 35.4 Å². The lowest BCUT2D eigenvalue weighted by atomic mass is 9.99. The Hall–Kier alpha value is -2.88. The molecule has 0 unspecified atom stereocenters. The van der Waals surface area contributed by atoms with E-state index in [9.17, 15) is 9.59 Å². The summed E-state index contributed by atoms with van der Waals surface area (Å²) in [5.74, 6) is 0.178. The maximum Gasteiger partial charge on any atom is 0.224 e. The monoisotopic (exact) mass is 399 g/mol. The molecule has 1 N–H and O–H groups in total. The molecule has 154 valence electrons. The van der Waals surface area contributed by atoms with E-state index in [0.29, 0.717) is 45.8 Å². The van der Waals surface area contributed by atoms with E-state index in [1.54, 1.807) is 4.68 Å². The molecule has 29 heavy (non-hydrogen) atoms. The number of hydrogen-bond acceptors (Lipinski definition) is 7. The Morgan fingerprint density at radius 1 is 1.28 bits per heavy atom. The van der Waals surface area contributed by atoms with Crippen LogP contribution in [0.15, 0.2) is 18.6 Å². The number of ether oxygens (including phenoxy) is 1. The second-order valence-electron chi connectivity index (χ2n) is 7.44. The van der Waals surface area contributed by atoms with Crippen LogP contribution in [0.5, 0.6) is 0 Å². The van der Waals surface area contributed by atoms with Crippen molar-refractivity contribution in [3.8, 4) is 0 Å². The molecule has 0 radical (unpaired) electrons. The smallest absolute Gasteiger partial charge is 0.224 e. The van der Waals surface area contributed by atoms with Gasteiger partial charge in [-0.2, -0.15) is 0 Å². The fourth-order valence-electron chi connectivity index (χ4n) is 3.73. The van der Waals surface area contributed by atoms with Gasteiger partial charge in [0.05, 0.1) is 6.54 Å². The number of nitrogens with one attached hydrogen (secondary N) is 1. The third-order valence-electron chi connectivity index (χ3n) is 5.45. The summed E-state index contributed by atoms with van der Waals surface area (Å²) in [5, 5.41) is 13.9. The first kappa shape index (κ1) is 19.4. The van der Waals surface area contributed by atoms with Gasteiger partial charge in [0.25, 0.3) is 0 Å². The van der Waals surface area contributed by atoms with Crippen LogP contribution in [0.4, 0.5) is 0 Å². The van der Waals surface area contributed by atoms with E-state index in [1.165, 1.54) is 6.33 Å². The summed E-state index contributed by atoms with van der Waals surface area (Å²) in [7, 11) is 0. The van der Waals surface area contributed by atoms with Gasteiger partial charge >= 0.3 is 0 Å². The van der Waals surface area contributed by atoms with Gasteiger partial charge in [0, 0.05) is 63.5 Å². The Morgan fingerprint density at radius 3 is 2.93 bits per heavy atom. The van der Waals surface area contributed by atoms with Crippen LogP contribution in [-0.4, -0.2) is 61.7 Å². The van der Waals surface area contributed by atoms with Gasteiger partial charge < -0.3 is 15.0 Å². The van der Waals surface area contributed by atoms with Crippen molar-refractivity contribution in [2.24, 2.45) is 5.92 Å². The fourth-order valence-corrected chi connectivity index (χ4v) is 3.73. The molecule has 4 heterocycles. The number of fused-ring (bicyclic) bond motifs is 1. The van der Waals surface area contributed by atoms with Gasteiger partial charge in [0.2, 0.25) is 11.8 Å². The molecular formula is C19H25N7O3. The molecule has 1 fully saturated rings. The molecule has 0 aromatic carbocycles. The first-order chi connectivity index (χ1) is 14.2. The van der Waals surface area contributed by atoms with Crippen LogP contribution in [-0.2, 0) is 40.4 Å². The number of pyridine rings is 1. The minimum atomic E-state index is 0.0302. The quantitative estimate of drug-likeness (QED) is 0.732. The standard InChI is InChI=1S/C19H25N7O3/c27-18(2-6-26-13-22-23-24-26)25-5-1-17-16(12-25)9-14(10-20-17)11-21-19(28)15-3-7-29-8-4-15/h9-10,13,15H,1-8,11-12H2,(H,21,28). The number of hydrogen-bond donors (Lipinski definition) is 1. The molecular weight excluding hydrogens is 374 g/mol. The molecule has 0 aliphatic carbocycles. The zero-order valence-electron chi connectivity index (χ0n) is 16.3. The summed E-state index contributed by atoms with van der Waals surface area (Å²) in [4.78, 5) is 31.2. The van der Waals surface area contributed by atoms with Crippen LogP contribution in [0.3, 0.4) is 0 Å². The third-order valence-corrected chi connectivity index (χ3v) is 5.45. The maximum atomic E-state index is 12.5. The van der Waals surface area contributed by atoms with E-state index >= 15 is 0 Å². The summed E-state index contributed by atoms with van der Waals surface area (Å²) in [6.07, 6.45) is 5.96. The molecule has 10 heteroatoms. The number of amides is 2. The molecule has 10 nitrogen and oxygen atoms in total. The van der Waals surface area contributed by atoms with Crippen molar-refractivity contribution in [2.45, 2.75) is 45.3 Å². The Morgan fingerprint density at radius 2 is 2.14 bits per heavy atom. The molecule has 4 rings (SSSR count). The van der Waals surface area contributed by atoms with Gasteiger partial charge in [-0.25, -0.2) is 4.68 Å². The molecule has 2 amide bonds. The molecule has 0 saturated carbocycles. The Balaban J connectivity index is 1.31. The van der Waals surface area contributed by atoms with E-state index in [4.69, 9.17) is 4.74 Å². The molecule has 2 aliphatic heterocycles. The average Bonchev–Trinajstić information content (AvgIpc) is 3.29. The topological polar surface area (TPSA) is 115 Å². The molecule has 2 aliphatic rings. The lowest BCUT2D eigenvalue weighted by Gasteiger charge is -2.28. The van der Waals surface area contributed by atoms with E-state index in [1.807, 2.05) is 17.2 Å². The molecule has 2 aromatic rings. The van der Waals surface area contributed by atoms with Crippen LogP contribution in [0.1, 0.15) is 36.1 Å². The van der Waals surface area contributed by atoms with Crippen molar-refractivity contribution < 1.29 is 14.3 Å². The van der Waals surface area contributed by atoms with E-state index in [-0.39, 0.29) is 17.7 Å². The highest BCUT2D eigenvalue weighted by molar-refractivity contribution is 5.78. The lowest BCUT2D eigenvalue weighted by molar-refractivity contribution is -0.132. The Kier molecular flexibility index (Phi) is 6.09. The van der Waals surface area contributed by atoms with Gasteiger partial charge in [-0.15, -0.1) is 5.10 Å². The van der Waals surface area contributed by atoms with E-state index < -0.39 is 0 Å². The predicted molar refractivity (Wildman–Crippen MR) is 101 cm³/mol. The molecule has 2 aromatic heterocycles. The van der Waals surface area contributed by atoms with Gasteiger partial charge in [0.1, 0.15) is 6.33 Å². The highest BCUT2D eigenvalue weighted by Crippen LogP contribution is 2.20. The Bertz CT molecular complexity index is 849. The van der Waals surface area contributed by atoms with Crippen LogP contribution in [0.25, 0.3) is 0 Å². The second kappa shape index (κ2) is 9.08. The zero-order chi connectivity index (χ0) is 20.1. The molecule has 0 spiro atoms. The van der Waals surface area contributed by atoms with Gasteiger partial charge in [-0.3, -0.25) is 14.6 Å². The summed E-state index contributed by atoms with van der Waals surface area (Å²) in [6, 6.07) is 2.05. The largest absolute Gasteiger partial charge is 0.381 e. The molecule has 1 saturated heterocycles. The van der Waals surface area contributed by atoms with Crippen LogP contribution < -0.4 is 5.32 Å². The summed E-state index contributed by atoms with van der Waals surface area (Å²) in [5.41, 5.74) is 3.02. The van der Waals surface area contributed by atoms with Gasteiger partial charge in [-0.1, -0.05) is 0 Å². The summed E-state index contributed by atoms with van der Waals surface area (Å²) >= 11 is 0. The van der Waals surface area contributed by atoms with Crippen LogP contribution in [0, 0.1) is 5.92 Å². The lowest BCUT2D eigenvalue weighted by Crippen LogP contribution is -2.37. The van der Waals surface area contributed by atoms with Crippen LogP contribution >= 0.6 is 0 Å². The normalized spacial score (nSPS) is 17.0. The minimum Gasteiger partial charge on any atom is -0.381 e. The first-order valence-electron chi connectivity index (χ1n) is 10.00. The van der Waals surface area contributed by atoms with Crippen molar-refractivity contribution >= 4 is 11.8 Å². The number of aryl methyl sites for hydroxylation is 1. The second-order valence-corrected chi connectivity index (χ2v) is 7.44. The van der Waals surface area contributed by atoms with Crippen molar-refractivity contribution in [1.82, 2.24) is 35.4 Å². The van der Waals surface area contributed by atoms with Crippen molar-refractivity contribution in [3.63, 3.8) is 0 Å². The molecule has 0 atom stereocenters. The third kappa shape index (κ3) is 4.94. The number of rotatable bonds is 6. The minimum absolute atomic E-state index is 0.0302. The maximum absolute atomic E-state index is 12.5. The van der Waals surface area contributed by atoms with Crippen molar-refractivity contribution in [2.75, 3.05) is 19.8 Å². The van der Waals surface area contributed by atoms with Crippen LogP contribution in [0.2, 0.25) is 0 Å². The Labute approximate surface area is 168 Å². The zero-order valence-corrected chi connectivity index (χ0v) is 16.3. The summed E-state index contributed by atoms with van der Waals surface area (Å²) < 4.78 is 6.86. The average molecular weight is 399 g/mol. The highest BCUT2D eigenvalue weighted by Gasteiger charge is 2.23. The number of nitrogens with zero attached hydrogens (tertiary/aromatic N) is 6. The summed E-state index contributed by atoms with van der Waals surface area (Å²) in [6.45, 7) is 3.41. The number of tetrazole rings is 1. The van der Waals surface area contributed by atoms with E-state index in [0.717, 1.165) is 36.1 Å². The highest BCUT2D eigenvalue weighted by atomic mass is 16.5. The molecule has 0 bridgehead atoms. The number of aromatic nitrogens is 5. The SMILES string of the molecule is O=C(NCc1cnc2c(c1)CN(C(=O)CCn1cnnn1)CC2)C1CCOCC1.